The van der Waals surface area contributed by atoms with Crippen LogP contribution < -0.4 is 5.32 Å². The van der Waals surface area contributed by atoms with E-state index in [1.165, 1.54) is 18.5 Å². The third-order valence-corrected chi connectivity index (χ3v) is 3.95. The molecule has 1 aliphatic carbocycles. The molecular weight excluding hydrogens is 212 g/mol. The molecule has 0 spiro atoms. The zero-order chi connectivity index (χ0) is 11.8. The molecule has 1 aromatic rings. The van der Waals surface area contributed by atoms with Crippen LogP contribution in [-0.2, 0) is 13.6 Å². The fourth-order valence-corrected chi connectivity index (χ4v) is 2.89. The molecule has 1 saturated heterocycles. The molecule has 2 atom stereocenters. The molecule has 94 valence electrons. The van der Waals surface area contributed by atoms with Crippen molar-refractivity contribution in [2.24, 2.45) is 13.0 Å². The Morgan fingerprint density at radius 2 is 2.29 bits per heavy atom. The molecule has 1 saturated carbocycles. The molecule has 2 aliphatic rings. The summed E-state index contributed by atoms with van der Waals surface area (Å²) in [7, 11) is 1.99. The van der Waals surface area contributed by atoms with Gasteiger partial charge in [0.25, 0.3) is 0 Å². The van der Waals surface area contributed by atoms with Crippen LogP contribution in [0, 0.1) is 5.92 Å². The second-order valence-electron chi connectivity index (χ2n) is 5.62. The molecule has 2 heterocycles. The molecule has 0 radical (unpaired) electrons. The van der Waals surface area contributed by atoms with Gasteiger partial charge in [-0.2, -0.15) is 5.10 Å². The van der Waals surface area contributed by atoms with Crippen molar-refractivity contribution in [3.05, 3.63) is 18.0 Å². The lowest BCUT2D eigenvalue weighted by Crippen LogP contribution is -2.55. The zero-order valence-corrected chi connectivity index (χ0v) is 10.8. The van der Waals surface area contributed by atoms with E-state index < -0.39 is 0 Å². The van der Waals surface area contributed by atoms with Crippen molar-refractivity contribution in [1.82, 2.24) is 20.0 Å². The number of aryl methyl sites for hydroxylation is 1. The van der Waals surface area contributed by atoms with E-state index in [0.717, 1.165) is 31.6 Å². The van der Waals surface area contributed by atoms with Crippen molar-refractivity contribution >= 4 is 0 Å². The lowest BCUT2D eigenvalue weighted by atomic mass is 10.1. The summed E-state index contributed by atoms with van der Waals surface area (Å²) >= 11 is 0. The standard InChI is InChI=1S/C13H22N4/c1-10-8-17(9-12-5-6-16(2)15-12)13(7-14-10)11-3-4-11/h5-6,10-11,13-14H,3-4,7-9H2,1-2H3. The molecule has 0 amide bonds. The second kappa shape index (κ2) is 4.42. The third kappa shape index (κ3) is 2.53. The van der Waals surface area contributed by atoms with Crippen LogP contribution in [0.2, 0.25) is 0 Å². The maximum absolute atomic E-state index is 4.50. The van der Waals surface area contributed by atoms with Crippen molar-refractivity contribution in [3.63, 3.8) is 0 Å². The minimum Gasteiger partial charge on any atom is -0.311 e. The van der Waals surface area contributed by atoms with Crippen LogP contribution in [0.3, 0.4) is 0 Å². The summed E-state index contributed by atoms with van der Waals surface area (Å²) in [6.07, 6.45) is 4.87. The highest BCUT2D eigenvalue weighted by atomic mass is 15.3. The first-order valence-electron chi connectivity index (χ1n) is 6.68. The van der Waals surface area contributed by atoms with E-state index in [-0.39, 0.29) is 0 Å². The maximum atomic E-state index is 4.50. The van der Waals surface area contributed by atoms with Gasteiger partial charge in [-0.15, -0.1) is 0 Å². The van der Waals surface area contributed by atoms with Crippen molar-refractivity contribution < 1.29 is 0 Å². The molecule has 1 N–H and O–H groups in total. The topological polar surface area (TPSA) is 33.1 Å². The van der Waals surface area contributed by atoms with Gasteiger partial charge in [-0.3, -0.25) is 9.58 Å². The van der Waals surface area contributed by atoms with Gasteiger partial charge in [-0.05, 0) is 31.7 Å². The first-order valence-corrected chi connectivity index (χ1v) is 6.68. The van der Waals surface area contributed by atoms with Gasteiger partial charge in [-0.1, -0.05) is 0 Å². The first-order chi connectivity index (χ1) is 8.22. The SMILES string of the molecule is CC1CN(Cc2ccn(C)n2)C(C2CC2)CN1. The average Bonchev–Trinajstić information content (AvgIpc) is 3.04. The number of aromatic nitrogens is 2. The van der Waals surface area contributed by atoms with Gasteiger partial charge in [0.1, 0.15) is 0 Å². The van der Waals surface area contributed by atoms with E-state index >= 15 is 0 Å². The molecule has 1 aliphatic heterocycles. The molecule has 0 aromatic carbocycles. The summed E-state index contributed by atoms with van der Waals surface area (Å²) in [5.41, 5.74) is 1.20. The summed E-state index contributed by atoms with van der Waals surface area (Å²) in [6, 6.07) is 3.47. The number of piperazine rings is 1. The molecule has 2 unspecified atom stereocenters. The minimum atomic E-state index is 0.605. The van der Waals surface area contributed by atoms with Gasteiger partial charge in [0.15, 0.2) is 0 Å². The second-order valence-corrected chi connectivity index (χ2v) is 5.62. The van der Waals surface area contributed by atoms with E-state index in [1.807, 2.05) is 17.9 Å². The van der Waals surface area contributed by atoms with Crippen LogP contribution >= 0.6 is 0 Å². The maximum Gasteiger partial charge on any atom is 0.0764 e. The molecule has 4 heteroatoms. The van der Waals surface area contributed by atoms with Crippen LogP contribution in [0.15, 0.2) is 12.3 Å². The number of nitrogens with one attached hydrogen (secondary N) is 1. The fraction of sp³-hybridized carbons (Fsp3) is 0.769. The fourth-order valence-electron chi connectivity index (χ4n) is 2.89. The lowest BCUT2D eigenvalue weighted by molar-refractivity contribution is 0.110. The van der Waals surface area contributed by atoms with Crippen molar-refractivity contribution in [2.45, 2.75) is 38.4 Å². The van der Waals surface area contributed by atoms with Crippen molar-refractivity contribution in [1.29, 1.82) is 0 Å². The Bertz CT molecular complexity index is 383. The Morgan fingerprint density at radius 1 is 1.47 bits per heavy atom. The molecule has 0 bridgehead atoms. The highest BCUT2D eigenvalue weighted by Gasteiger charge is 2.37. The van der Waals surface area contributed by atoms with Gasteiger partial charge < -0.3 is 5.32 Å². The minimum absolute atomic E-state index is 0.605. The van der Waals surface area contributed by atoms with Gasteiger partial charge in [0.2, 0.25) is 0 Å². The van der Waals surface area contributed by atoms with Gasteiger partial charge >= 0.3 is 0 Å². The predicted octanol–water partition coefficient (Wildman–Crippen LogP) is 0.992. The summed E-state index contributed by atoms with van der Waals surface area (Å²) in [5.74, 6) is 0.929. The molecule has 17 heavy (non-hydrogen) atoms. The molecule has 4 nitrogen and oxygen atoms in total. The van der Waals surface area contributed by atoms with Gasteiger partial charge in [0.05, 0.1) is 5.69 Å². The normalized spacial score (nSPS) is 30.7. The Kier molecular flexibility index (Phi) is 2.92. The summed E-state index contributed by atoms with van der Waals surface area (Å²) < 4.78 is 1.90. The van der Waals surface area contributed by atoms with Crippen LogP contribution in [0.5, 0.6) is 0 Å². The first kappa shape index (κ1) is 11.2. The van der Waals surface area contributed by atoms with Crippen LogP contribution in [0.1, 0.15) is 25.5 Å². The lowest BCUT2D eigenvalue weighted by Gasteiger charge is -2.39. The number of hydrogen-bond acceptors (Lipinski definition) is 3. The van der Waals surface area contributed by atoms with E-state index in [0.29, 0.717) is 6.04 Å². The number of rotatable bonds is 3. The highest BCUT2D eigenvalue weighted by molar-refractivity contribution is 5.02. The molecule has 1 aromatic heterocycles. The largest absolute Gasteiger partial charge is 0.311 e. The predicted molar refractivity (Wildman–Crippen MR) is 67.6 cm³/mol. The average molecular weight is 234 g/mol. The quantitative estimate of drug-likeness (QED) is 0.847. The summed E-state index contributed by atoms with van der Waals surface area (Å²) in [5, 5.41) is 8.11. The zero-order valence-electron chi connectivity index (χ0n) is 10.8. The van der Waals surface area contributed by atoms with E-state index in [4.69, 9.17) is 0 Å². The Morgan fingerprint density at radius 3 is 2.94 bits per heavy atom. The van der Waals surface area contributed by atoms with E-state index in [9.17, 15) is 0 Å². The Labute approximate surface area is 103 Å². The Balaban J connectivity index is 1.69. The molecule has 2 fully saturated rings. The van der Waals surface area contributed by atoms with Crippen LogP contribution in [0.4, 0.5) is 0 Å². The van der Waals surface area contributed by atoms with Crippen molar-refractivity contribution in [3.8, 4) is 0 Å². The summed E-state index contributed by atoms with van der Waals surface area (Å²) in [6.45, 7) is 5.58. The Hall–Kier alpha value is -0.870. The number of nitrogens with zero attached hydrogens (tertiary/aromatic N) is 3. The monoisotopic (exact) mass is 234 g/mol. The third-order valence-electron chi connectivity index (χ3n) is 3.95. The molecular formula is C13H22N4. The van der Waals surface area contributed by atoms with E-state index in [1.54, 1.807) is 0 Å². The smallest absolute Gasteiger partial charge is 0.0764 e. The molecule has 3 rings (SSSR count). The van der Waals surface area contributed by atoms with Crippen LogP contribution in [-0.4, -0.2) is 39.9 Å². The summed E-state index contributed by atoms with van der Waals surface area (Å²) in [4.78, 5) is 2.63. The number of hydrogen-bond donors (Lipinski definition) is 1. The van der Waals surface area contributed by atoms with Gasteiger partial charge in [0, 0.05) is 45.0 Å². The van der Waals surface area contributed by atoms with Crippen molar-refractivity contribution in [2.75, 3.05) is 13.1 Å². The van der Waals surface area contributed by atoms with Gasteiger partial charge in [-0.25, -0.2) is 0 Å². The highest BCUT2D eigenvalue weighted by Crippen LogP contribution is 2.36. The van der Waals surface area contributed by atoms with E-state index in [2.05, 4.69) is 28.3 Å². The van der Waals surface area contributed by atoms with Crippen LogP contribution in [0.25, 0.3) is 0 Å².